The van der Waals surface area contributed by atoms with Crippen LogP contribution < -0.4 is 0 Å². The van der Waals surface area contributed by atoms with Crippen LogP contribution in [-0.4, -0.2) is 22.9 Å². The SMILES string of the molecule is [NH-]N1CCCCC1O. The van der Waals surface area contributed by atoms with E-state index in [1.54, 1.807) is 0 Å². The van der Waals surface area contributed by atoms with Gasteiger partial charge in [-0.15, -0.1) is 0 Å². The maximum atomic E-state index is 8.92. The second-order valence-corrected chi connectivity index (χ2v) is 2.17. The van der Waals surface area contributed by atoms with Crippen molar-refractivity contribution in [2.75, 3.05) is 6.54 Å². The highest BCUT2D eigenvalue weighted by Crippen LogP contribution is 2.13. The van der Waals surface area contributed by atoms with Gasteiger partial charge in [-0.05, 0) is 25.8 Å². The van der Waals surface area contributed by atoms with Crippen LogP contribution in [0.3, 0.4) is 0 Å². The van der Waals surface area contributed by atoms with Gasteiger partial charge < -0.3 is 16.0 Å². The Kier molecular flexibility index (Phi) is 1.83. The average molecular weight is 115 g/mol. The number of piperidine rings is 1. The van der Waals surface area contributed by atoms with Crippen molar-refractivity contribution >= 4 is 0 Å². The van der Waals surface area contributed by atoms with Crippen LogP contribution >= 0.6 is 0 Å². The number of nitrogens with zero attached hydrogens (tertiary/aromatic N) is 1. The number of rotatable bonds is 0. The van der Waals surface area contributed by atoms with Crippen molar-refractivity contribution in [1.82, 2.24) is 5.01 Å². The molecule has 1 aliphatic rings. The van der Waals surface area contributed by atoms with Gasteiger partial charge in [0.2, 0.25) is 0 Å². The lowest BCUT2D eigenvalue weighted by atomic mass is 10.1. The first-order valence-electron chi connectivity index (χ1n) is 2.96. The van der Waals surface area contributed by atoms with E-state index >= 15 is 0 Å². The third-order valence-corrected chi connectivity index (χ3v) is 1.47. The normalized spacial score (nSPS) is 33.0. The smallest absolute Gasteiger partial charge is 0.0903 e. The molecule has 1 atom stereocenters. The van der Waals surface area contributed by atoms with E-state index in [-0.39, 0.29) is 0 Å². The Morgan fingerprint density at radius 1 is 1.50 bits per heavy atom. The summed E-state index contributed by atoms with van der Waals surface area (Å²) in [6, 6.07) is 0. The standard InChI is InChI=1S/C5H11N2O/c6-7-4-2-1-3-5(7)8/h5-6,8H,1-4H2/q-1. The van der Waals surface area contributed by atoms with Crippen molar-refractivity contribution in [3.05, 3.63) is 5.84 Å². The van der Waals surface area contributed by atoms with Crippen molar-refractivity contribution in [3.63, 3.8) is 0 Å². The second kappa shape index (κ2) is 2.44. The van der Waals surface area contributed by atoms with Crippen LogP contribution in [0.25, 0.3) is 5.84 Å². The molecule has 1 fully saturated rings. The average Bonchev–Trinajstić information content (AvgIpc) is 1.77. The number of aliphatic hydroxyl groups is 1. The van der Waals surface area contributed by atoms with Crippen molar-refractivity contribution in [1.29, 1.82) is 0 Å². The lowest BCUT2D eigenvalue weighted by molar-refractivity contribution is 0.00888. The summed E-state index contributed by atoms with van der Waals surface area (Å²) in [5.74, 6) is 7.06. The van der Waals surface area contributed by atoms with Crippen LogP contribution in [0.2, 0.25) is 0 Å². The van der Waals surface area contributed by atoms with Crippen LogP contribution in [0.5, 0.6) is 0 Å². The molecule has 0 aromatic rings. The van der Waals surface area contributed by atoms with Gasteiger partial charge in [0.1, 0.15) is 0 Å². The van der Waals surface area contributed by atoms with Gasteiger partial charge in [0, 0.05) is 0 Å². The molecule has 1 heterocycles. The Hall–Kier alpha value is -0.120. The van der Waals surface area contributed by atoms with Gasteiger partial charge in [0.05, 0.1) is 6.23 Å². The summed E-state index contributed by atoms with van der Waals surface area (Å²) in [5, 5.41) is 10.2. The molecule has 8 heavy (non-hydrogen) atoms. The molecule has 2 N–H and O–H groups in total. The molecule has 48 valence electrons. The minimum atomic E-state index is -0.497. The number of nitrogens with one attached hydrogen (secondary N) is 1. The summed E-state index contributed by atoms with van der Waals surface area (Å²) in [6.07, 6.45) is 2.39. The summed E-state index contributed by atoms with van der Waals surface area (Å²) in [4.78, 5) is 0. The predicted octanol–water partition coefficient (Wildman–Crippen LogP) is 0.758. The fraction of sp³-hybridized carbons (Fsp3) is 1.00. The minimum Gasteiger partial charge on any atom is -0.608 e. The monoisotopic (exact) mass is 115 g/mol. The van der Waals surface area contributed by atoms with E-state index in [0.717, 1.165) is 25.8 Å². The Morgan fingerprint density at radius 3 is 2.62 bits per heavy atom. The third-order valence-electron chi connectivity index (χ3n) is 1.47. The zero-order valence-electron chi connectivity index (χ0n) is 4.80. The van der Waals surface area contributed by atoms with E-state index in [1.165, 1.54) is 5.01 Å². The van der Waals surface area contributed by atoms with E-state index < -0.39 is 6.23 Å². The molecule has 0 aromatic heterocycles. The molecule has 1 saturated heterocycles. The Morgan fingerprint density at radius 2 is 2.25 bits per heavy atom. The summed E-state index contributed by atoms with van der Waals surface area (Å²) in [6.45, 7) is 0.723. The largest absolute Gasteiger partial charge is 0.608 e. The molecule has 0 radical (unpaired) electrons. The number of hydrogen-bond donors (Lipinski definition) is 1. The molecule has 1 aliphatic heterocycles. The highest BCUT2D eigenvalue weighted by atomic mass is 16.3. The summed E-state index contributed by atoms with van der Waals surface area (Å²) in [7, 11) is 0. The Labute approximate surface area is 49.1 Å². The summed E-state index contributed by atoms with van der Waals surface area (Å²) < 4.78 is 0. The van der Waals surface area contributed by atoms with Gasteiger partial charge in [-0.25, -0.2) is 0 Å². The van der Waals surface area contributed by atoms with Crippen LogP contribution in [0.15, 0.2) is 0 Å². The Bertz CT molecular complexity index is 66.8. The molecule has 0 aliphatic carbocycles. The van der Waals surface area contributed by atoms with Gasteiger partial charge in [-0.2, -0.15) is 0 Å². The fourth-order valence-electron chi connectivity index (χ4n) is 0.914. The number of hydrogen-bond acceptors (Lipinski definition) is 2. The predicted molar refractivity (Wildman–Crippen MR) is 30.9 cm³/mol. The maximum Gasteiger partial charge on any atom is 0.0903 e. The molecular formula is C5H11N2O-. The van der Waals surface area contributed by atoms with Crippen LogP contribution in [0.4, 0.5) is 0 Å². The summed E-state index contributed by atoms with van der Waals surface area (Å²) in [5.41, 5.74) is 0. The molecule has 1 rings (SSSR count). The van der Waals surface area contributed by atoms with Crippen molar-refractivity contribution in [2.45, 2.75) is 25.5 Å². The van der Waals surface area contributed by atoms with E-state index in [4.69, 9.17) is 10.9 Å². The molecular weight excluding hydrogens is 104 g/mol. The van der Waals surface area contributed by atoms with E-state index in [0.29, 0.717) is 0 Å². The first-order valence-corrected chi connectivity index (χ1v) is 2.96. The lowest BCUT2D eigenvalue weighted by Gasteiger charge is -2.35. The zero-order valence-corrected chi connectivity index (χ0v) is 4.80. The van der Waals surface area contributed by atoms with Gasteiger partial charge >= 0.3 is 0 Å². The third kappa shape index (κ3) is 1.18. The molecule has 0 aromatic carbocycles. The van der Waals surface area contributed by atoms with Gasteiger partial charge in [-0.1, -0.05) is 0 Å². The summed E-state index contributed by atoms with van der Waals surface area (Å²) >= 11 is 0. The first kappa shape index (κ1) is 6.01. The highest BCUT2D eigenvalue weighted by molar-refractivity contribution is 4.67. The molecule has 0 amide bonds. The van der Waals surface area contributed by atoms with Crippen LogP contribution in [-0.2, 0) is 0 Å². The van der Waals surface area contributed by atoms with Crippen molar-refractivity contribution in [2.24, 2.45) is 0 Å². The quantitative estimate of drug-likeness (QED) is 0.506. The van der Waals surface area contributed by atoms with E-state index in [1.807, 2.05) is 0 Å². The van der Waals surface area contributed by atoms with E-state index in [2.05, 4.69) is 0 Å². The van der Waals surface area contributed by atoms with Gasteiger partial charge in [0.25, 0.3) is 0 Å². The van der Waals surface area contributed by atoms with Crippen molar-refractivity contribution in [3.8, 4) is 0 Å². The van der Waals surface area contributed by atoms with Gasteiger partial charge in [-0.3, -0.25) is 0 Å². The molecule has 0 saturated carbocycles. The maximum absolute atomic E-state index is 8.92. The molecule has 0 bridgehead atoms. The second-order valence-electron chi connectivity index (χ2n) is 2.17. The van der Waals surface area contributed by atoms with Gasteiger partial charge in [0.15, 0.2) is 0 Å². The number of aliphatic hydroxyl groups excluding tert-OH is 1. The zero-order chi connectivity index (χ0) is 5.98. The molecule has 3 heteroatoms. The Balaban J connectivity index is 2.28. The molecule has 3 nitrogen and oxygen atoms in total. The topological polar surface area (TPSA) is 47.3 Å². The first-order chi connectivity index (χ1) is 3.80. The van der Waals surface area contributed by atoms with E-state index in [9.17, 15) is 0 Å². The van der Waals surface area contributed by atoms with Crippen LogP contribution in [0, 0.1) is 0 Å². The fourth-order valence-corrected chi connectivity index (χ4v) is 0.914. The lowest BCUT2D eigenvalue weighted by Crippen LogP contribution is -2.32. The molecule has 0 spiro atoms. The highest BCUT2D eigenvalue weighted by Gasteiger charge is 2.09. The van der Waals surface area contributed by atoms with Crippen LogP contribution in [0.1, 0.15) is 19.3 Å². The minimum absolute atomic E-state index is 0.497. The molecule has 1 unspecified atom stereocenters. The van der Waals surface area contributed by atoms with Crippen molar-refractivity contribution < 1.29 is 5.11 Å².